The Morgan fingerprint density at radius 1 is 1.62 bits per heavy atom. The van der Waals surface area contributed by atoms with E-state index in [1.165, 1.54) is 7.11 Å². The van der Waals surface area contributed by atoms with Crippen molar-refractivity contribution in [3.05, 3.63) is 12.2 Å². The number of ether oxygens (including phenoxy) is 2. The Hall–Kier alpha value is -0.830. The molecule has 72 valence electrons. The largest absolute Gasteiger partial charge is 0.467 e. The van der Waals surface area contributed by atoms with E-state index in [1.807, 2.05) is 0 Å². The lowest BCUT2D eigenvalue weighted by atomic mass is 9.81. The molecule has 13 heavy (non-hydrogen) atoms. The van der Waals surface area contributed by atoms with Gasteiger partial charge in [-0.3, -0.25) is 0 Å². The van der Waals surface area contributed by atoms with Crippen LogP contribution in [0.5, 0.6) is 0 Å². The standard InChI is InChI=1S/C10H14O3/c1-12-10(11)9-8-4-2-3-7(5-8)6-13-9/h2,4,7-9H,3,5-6H2,1H3/t7-,8+,9-/m1/s1. The van der Waals surface area contributed by atoms with E-state index in [4.69, 9.17) is 4.74 Å². The van der Waals surface area contributed by atoms with Gasteiger partial charge in [-0.25, -0.2) is 4.79 Å². The van der Waals surface area contributed by atoms with E-state index in [1.54, 1.807) is 0 Å². The van der Waals surface area contributed by atoms with Gasteiger partial charge >= 0.3 is 5.97 Å². The van der Waals surface area contributed by atoms with Crippen molar-refractivity contribution in [2.24, 2.45) is 11.8 Å². The number of hydrogen-bond acceptors (Lipinski definition) is 3. The predicted octanol–water partition coefficient (Wildman–Crippen LogP) is 1.14. The molecule has 0 aromatic carbocycles. The van der Waals surface area contributed by atoms with Gasteiger partial charge in [0.15, 0.2) is 6.10 Å². The van der Waals surface area contributed by atoms with Crippen LogP contribution in [0.15, 0.2) is 12.2 Å². The fraction of sp³-hybridized carbons (Fsp3) is 0.700. The number of carbonyl (C=O) groups is 1. The van der Waals surface area contributed by atoms with Crippen LogP contribution in [-0.2, 0) is 14.3 Å². The van der Waals surface area contributed by atoms with E-state index in [2.05, 4.69) is 16.9 Å². The Morgan fingerprint density at radius 3 is 3.23 bits per heavy atom. The summed E-state index contributed by atoms with van der Waals surface area (Å²) in [5, 5.41) is 0. The molecule has 0 radical (unpaired) electrons. The van der Waals surface area contributed by atoms with E-state index in [0.717, 1.165) is 12.8 Å². The Kier molecular flexibility index (Phi) is 2.36. The zero-order valence-corrected chi connectivity index (χ0v) is 7.73. The molecular formula is C10H14O3. The van der Waals surface area contributed by atoms with Gasteiger partial charge in [-0.2, -0.15) is 0 Å². The van der Waals surface area contributed by atoms with Crippen LogP contribution in [0.4, 0.5) is 0 Å². The second kappa shape index (κ2) is 3.50. The maximum atomic E-state index is 11.3. The third-order valence-corrected chi connectivity index (χ3v) is 2.79. The summed E-state index contributed by atoms with van der Waals surface area (Å²) in [6.45, 7) is 0.695. The van der Waals surface area contributed by atoms with E-state index in [-0.39, 0.29) is 18.0 Å². The lowest BCUT2D eigenvalue weighted by Crippen LogP contribution is -2.41. The highest BCUT2D eigenvalue weighted by molar-refractivity contribution is 5.75. The lowest BCUT2D eigenvalue weighted by molar-refractivity contribution is -0.163. The monoisotopic (exact) mass is 182 g/mol. The molecule has 0 aromatic rings. The third kappa shape index (κ3) is 1.61. The van der Waals surface area contributed by atoms with E-state index in [9.17, 15) is 4.79 Å². The molecule has 0 saturated carbocycles. The van der Waals surface area contributed by atoms with Crippen LogP contribution in [0.25, 0.3) is 0 Å². The SMILES string of the molecule is COC(=O)[C@@H]1OC[C@@H]2CC=C[C@H]1C2. The highest BCUT2D eigenvalue weighted by atomic mass is 16.6. The average molecular weight is 182 g/mol. The van der Waals surface area contributed by atoms with Crippen molar-refractivity contribution in [1.82, 2.24) is 0 Å². The molecule has 3 nitrogen and oxygen atoms in total. The van der Waals surface area contributed by atoms with Gasteiger partial charge in [0.05, 0.1) is 13.7 Å². The molecule has 0 spiro atoms. The van der Waals surface area contributed by atoms with Crippen LogP contribution in [0.2, 0.25) is 0 Å². The molecule has 0 aromatic heterocycles. The summed E-state index contributed by atoms with van der Waals surface area (Å²) in [6, 6.07) is 0. The average Bonchev–Trinajstić information content (AvgIpc) is 2.18. The quantitative estimate of drug-likeness (QED) is 0.450. The number of hydrogen-bond donors (Lipinski definition) is 0. The van der Waals surface area contributed by atoms with Gasteiger partial charge in [0.2, 0.25) is 0 Å². The minimum Gasteiger partial charge on any atom is -0.467 e. The molecule has 0 N–H and O–H groups in total. The molecule has 1 heterocycles. The maximum absolute atomic E-state index is 11.3. The maximum Gasteiger partial charge on any atom is 0.335 e. The molecule has 0 amide bonds. The number of methoxy groups -OCH3 is 1. The molecule has 1 fully saturated rings. The fourth-order valence-electron chi connectivity index (χ4n) is 2.09. The first-order chi connectivity index (χ1) is 6.31. The molecule has 2 rings (SSSR count). The van der Waals surface area contributed by atoms with Crippen molar-refractivity contribution in [3.63, 3.8) is 0 Å². The van der Waals surface area contributed by atoms with Gasteiger partial charge in [0, 0.05) is 5.92 Å². The molecule has 1 aliphatic heterocycles. The number of allylic oxidation sites excluding steroid dienone is 1. The number of carbonyl (C=O) groups excluding carboxylic acids is 1. The Bertz CT molecular complexity index is 234. The number of rotatable bonds is 1. The predicted molar refractivity (Wildman–Crippen MR) is 47.1 cm³/mol. The van der Waals surface area contributed by atoms with E-state index >= 15 is 0 Å². The summed E-state index contributed by atoms with van der Waals surface area (Å²) in [5.74, 6) is 0.603. The summed E-state index contributed by atoms with van der Waals surface area (Å²) in [4.78, 5) is 11.3. The Balaban J connectivity index is 2.09. The zero-order valence-electron chi connectivity index (χ0n) is 7.73. The summed E-state index contributed by atoms with van der Waals surface area (Å²) >= 11 is 0. The van der Waals surface area contributed by atoms with E-state index in [0.29, 0.717) is 12.5 Å². The molecule has 2 aliphatic rings. The first kappa shape index (κ1) is 8.75. The van der Waals surface area contributed by atoms with Crippen LogP contribution in [0.3, 0.4) is 0 Å². The summed E-state index contributed by atoms with van der Waals surface area (Å²) in [5.41, 5.74) is 0. The first-order valence-corrected chi connectivity index (χ1v) is 4.67. The van der Waals surface area contributed by atoms with Crippen LogP contribution in [0, 0.1) is 11.8 Å². The van der Waals surface area contributed by atoms with Gasteiger partial charge in [0.1, 0.15) is 0 Å². The van der Waals surface area contributed by atoms with Crippen LogP contribution in [0.1, 0.15) is 12.8 Å². The van der Waals surface area contributed by atoms with E-state index < -0.39 is 0 Å². The number of esters is 1. The minimum atomic E-state index is -0.363. The van der Waals surface area contributed by atoms with Crippen molar-refractivity contribution in [2.45, 2.75) is 18.9 Å². The van der Waals surface area contributed by atoms with Crippen LogP contribution >= 0.6 is 0 Å². The highest BCUT2D eigenvalue weighted by Crippen LogP contribution is 2.32. The van der Waals surface area contributed by atoms with Gasteiger partial charge in [-0.15, -0.1) is 0 Å². The van der Waals surface area contributed by atoms with Gasteiger partial charge in [-0.05, 0) is 18.8 Å². The van der Waals surface area contributed by atoms with Gasteiger partial charge < -0.3 is 9.47 Å². The molecule has 2 bridgehead atoms. The minimum absolute atomic E-state index is 0.236. The number of fused-ring (bicyclic) bond motifs is 2. The van der Waals surface area contributed by atoms with Gasteiger partial charge in [0.25, 0.3) is 0 Å². The van der Waals surface area contributed by atoms with Crippen molar-refractivity contribution in [1.29, 1.82) is 0 Å². The van der Waals surface area contributed by atoms with Crippen molar-refractivity contribution in [3.8, 4) is 0 Å². The Morgan fingerprint density at radius 2 is 2.46 bits per heavy atom. The smallest absolute Gasteiger partial charge is 0.335 e. The fourth-order valence-corrected chi connectivity index (χ4v) is 2.09. The molecule has 3 atom stereocenters. The second-order valence-electron chi connectivity index (χ2n) is 3.71. The second-order valence-corrected chi connectivity index (χ2v) is 3.71. The molecule has 1 saturated heterocycles. The first-order valence-electron chi connectivity index (χ1n) is 4.67. The van der Waals surface area contributed by atoms with Crippen LogP contribution in [-0.4, -0.2) is 25.8 Å². The molecular weight excluding hydrogens is 168 g/mol. The van der Waals surface area contributed by atoms with Gasteiger partial charge in [-0.1, -0.05) is 12.2 Å². The molecule has 0 unspecified atom stereocenters. The molecule has 3 heteroatoms. The van der Waals surface area contributed by atoms with Crippen molar-refractivity contribution < 1.29 is 14.3 Å². The Labute approximate surface area is 77.7 Å². The summed E-state index contributed by atoms with van der Waals surface area (Å²) in [6.07, 6.45) is 6.02. The summed E-state index contributed by atoms with van der Waals surface area (Å²) < 4.78 is 10.2. The molecule has 1 aliphatic carbocycles. The van der Waals surface area contributed by atoms with Crippen molar-refractivity contribution in [2.75, 3.05) is 13.7 Å². The van der Waals surface area contributed by atoms with Crippen molar-refractivity contribution >= 4 is 5.97 Å². The highest BCUT2D eigenvalue weighted by Gasteiger charge is 2.36. The topological polar surface area (TPSA) is 35.5 Å². The normalized spacial score (nSPS) is 37.2. The lowest BCUT2D eigenvalue weighted by Gasteiger charge is -2.35. The summed E-state index contributed by atoms with van der Waals surface area (Å²) in [7, 11) is 1.41. The third-order valence-electron chi connectivity index (χ3n) is 2.79. The van der Waals surface area contributed by atoms with Crippen LogP contribution < -0.4 is 0 Å². The zero-order chi connectivity index (χ0) is 9.26.